The molecule has 3 nitrogen and oxygen atoms in total. The Balaban J connectivity index is 1.65. The number of carbonyl (C=O) groups excluding carboxylic acids is 1. The van der Waals surface area contributed by atoms with Crippen LogP contribution in [0.1, 0.15) is 36.9 Å². The normalized spacial score (nSPS) is 18.1. The van der Waals surface area contributed by atoms with Gasteiger partial charge in [0.1, 0.15) is 0 Å². The monoisotopic (exact) mass is 328 g/mol. The molecule has 1 aliphatic rings. The minimum atomic E-state index is -0.273. The van der Waals surface area contributed by atoms with Crippen LogP contribution >= 0.6 is 11.6 Å². The average Bonchev–Trinajstić information content (AvgIpc) is 2.55. The van der Waals surface area contributed by atoms with E-state index in [9.17, 15) is 4.79 Å². The van der Waals surface area contributed by atoms with Crippen molar-refractivity contribution in [2.24, 2.45) is 0 Å². The fourth-order valence-electron chi connectivity index (χ4n) is 3.12. The van der Waals surface area contributed by atoms with Crippen molar-refractivity contribution in [2.45, 2.75) is 38.3 Å². The number of halogens is 1. The second-order valence-electron chi connectivity index (χ2n) is 6.03. The Morgan fingerprint density at radius 1 is 1.22 bits per heavy atom. The molecule has 0 radical (unpaired) electrons. The summed E-state index contributed by atoms with van der Waals surface area (Å²) >= 11 is 5.95. The van der Waals surface area contributed by atoms with Gasteiger partial charge in [0, 0.05) is 16.8 Å². The fourth-order valence-corrected chi connectivity index (χ4v) is 3.31. The molecule has 0 saturated heterocycles. The van der Waals surface area contributed by atoms with Crippen molar-refractivity contribution in [3.63, 3.8) is 0 Å². The Labute approximate surface area is 142 Å². The zero-order valence-electron chi connectivity index (χ0n) is 13.2. The van der Waals surface area contributed by atoms with E-state index in [1.54, 1.807) is 12.1 Å². The molecule has 120 valence electrons. The van der Waals surface area contributed by atoms with Crippen molar-refractivity contribution in [1.29, 1.82) is 0 Å². The van der Waals surface area contributed by atoms with Crippen molar-refractivity contribution in [3.05, 3.63) is 64.7 Å². The largest absolute Gasteiger partial charge is 0.325 e. The molecule has 23 heavy (non-hydrogen) atoms. The highest BCUT2D eigenvalue weighted by Gasteiger charge is 2.23. The highest BCUT2D eigenvalue weighted by molar-refractivity contribution is 6.30. The van der Waals surface area contributed by atoms with Gasteiger partial charge in [-0.1, -0.05) is 41.9 Å². The SMILES string of the molecule is C[C@H](N[C@H]1CCCc2ccccc21)C(=O)Nc1cccc(Cl)c1. The number of amides is 1. The molecule has 2 aromatic rings. The van der Waals surface area contributed by atoms with Crippen LogP contribution in [-0.4, -0.2) is 11.9 Å². The number of hydrogen-bond acceptors (Lipinski definition) is 2. The molecule has 4 heteroatoms. The van der Waals surface area contributed by atoms with Crippen LogP contribution in [0.3, 0.4) is 0 Å². The van der Waals surface area contributed by atoms with E-state index in [0.717, 1.165) is 24.9 Å². The standard InChI is InChI=1S/C19H21ClN2O/c1-13(19(23)22-16-9-5-8-15(20)12-16)21-18-11-4-7-14-6-2-3-10-17(14)18/h2-3,5-6,8-10,12-13,18,21H,4,7,11H2,1H3,(H,22,23)/t13-,18-/m0/s1. The number of aryl methyl sites for hydroxylation is 1. The molecule has 0 aromatic heterocycles. The lowest BCUT2D eigenvalue weighted by Crippen LogP contribution is -2.41. The summed E-state index contributed by atoms with van der Waals surface area (Å²) in [6, 6.07) is 15.7. The summed E-state index contributed by atoms with van der Waals surface area (Å²) in [5, 5.41) is 6.99. The van der Waals surface area contributed by atoms with E-state index in [0.29, 0.717) is 5.02 Å². The van der Waals surface area contributed by atoms with E-state index in [4.69, 9.17) is 11.6 Å². The first-order valence-electron chi connectivity index (χ1n) is 8.04. The molecule has 2 atom stereocenters. The van der Waals surface area contributed by atoms with Gasteiger partial charge in [-0.2, -0.15) is 0 Å². The van der Waals surface area contributed by atoms with E-state index >= 15 is 0 Å². The van der Waals surface area contributed by atoms with Gasteiger partial charge in [-0.3, -0.25) is 10.1 Å². The zero-order valence-corrected chi connectivity index (χ0v) is 13.9. The van der Waals surface area contributed by atoms with Gasteiger partial charge in [0.05, 0.1) is 6.04 Å². The summed E-state index contributed by atoms with van der Waals surface area (Å²) < 4.78 is 0. The molecular formula is C19H21ClN2O. The van der Waals surface area contributed by atoms with Crippen molar-refractivity contribution < 1.29 is 4.79 Å². The molecule has 0 unspecified atom stereocenters. The van der Waals surface area contributed by atoms with Crippen LogP contribution in [0.15, 0.2) is 48.5 Å². The summed E-state index contributed by atoms with van der Waals surface area (Å²) in [4.78, 5) is 12.4. The molecule has 3 rings (SSSR count). The number of anilines is 1. The van der Waals surface area contributed by atoms with Gasteiger partial charge in [-0.15, -0.1) is 0 Å². The van der Waals surface area contributed by atoms with E-state index in [2.05, 4.69) is 34.9 Å². The lowest BCUT2D eigenvalue weighted by molar-refractivity contribution is -0.118. The van der Waals surface area contributed by atoms with Gasteiger partial charge in [0.25, 0.3) is 0 Å². The van der Waals surface area contributed by atoms with E-state index in [1.165, 1.54) is 11.1 Å². The number of benzene rings is 2. The van der Waals surface area contributed by atoms with Crippen LogP contribution in [0.25, 0.3) is 0 Å². The smallest absolute Gasteiger partial charge is 0.241 e. The Morgan fingerprint density at radius 2 is 2.04 bits per heavy atom. The Morgan fingerprint density at radius 3 is 2.87 bits per heavy atom. The Kier molecular flexibility index (Phi) is 4.99. The van der Waals surface area contributed by atoms with Gasteiger partial charge in [0.2, 0.25) is 5.91 Å². The summed E-state index contributed by atoms with van der Waals surface area (Å²) in [6.07, 6.45) is 3.33. The third kappa shape index (κ3) is 3.92. The molecule has 0 fully saturated rings. The topological polar surface area (TPSA) is 41.1 Å². The van der Waals surface area contributed by atoms with Gasteiger partial charge in [-0.25, -0.2) is 0 Å². The molecule has 0 aliphatic heterocycles. The minimum absolute atomic E-state index is 0.0460. The second-order valence-corrected chi connectivity index (χ2v) is 6.47. The number of carbonyl (C=O) groups is 1. The fraction of sp³-hybridized carbons (Fsp3) is 0.316. The lowest BCUT2D eigenvalue weighted by Gasteiger charge is -2.28. The van der Waals surface area contributed by atoms with Crippen molar-refractivity contribution in [2.75, 3.05) is 5.32 Å². The summed E-state index contributed by atoms with van der Waals surface area (Å²) in [5.41, 5.74) is 3.43. The summed E-state index contributed by atoms with van der Waals surface area (Å²) in [7, 11) is 0. The third-order valence-corrected chi connectivity index (χ3v) is 4.54. The second kappa shape index (κ2) is 7.16. The van der Waals surface area contributed by atoms with Crippen LogP contribution in [0.4, 0.5) is 5.69 Å². The third-order valence-electron chi connectivity index (χ3n) is 4.31. The highest BCUT2D eigenvalue weighted by atomic mass is 35.5. The van der Waals surface area contributed by atoms with E-state index in [1.807, 2.05) is 19.1 Å². The maximum Gasteiger partial charge on any atom is 0.241 e. The summed E-state index contributed by atoms with van der Waals surface area (Å²) in [5.74, 6) is -0.0460. The molecule has 0 heterocycles. The predicted octanol–water partition coefficient (Wildman–Crippen LogP) is 4.33. The quantitative estimate of drug-likeness (QED) is 0.876. The first kappa shape index (κ1) is 16.0. The lowest BCUT2D eigenvalue weighted by atomic mass is 9.87. The van der Waals surface area contributed by atoms with Crippen LogP contribution in [-0.2, 0) is 11.2 Å². The molecule has 2 N–H and O–H groups in total. The van der Waals surface area contributed by atoms with E-state index < -0.39 is 0 Å². The van der Waals surface area contributed by atoms with Gasteiger partial charge >= 0.3 is 0 Å². The Bertz CT molecular complexity index is 701. The van der Waals surface area contributed by atoms with Crippen molar-refractivity contribution in [1.82, 2.24) is 5.32 Å². The zero-order chi connectivity index (χ0) is 16.2. The molecule has 1 aliphatic carbocycles. The molecule has 2 aromatic carbocycles. The molecule has 1 amide bonds. The van der Waals surface area contributed by atoms with Crippen LogP contribution in [0.2, 0.25) is 5.02 Å². The predicted molar refractivity (Wildman–Crippen MR) is 94.8 cm³/mol. The van der Waals surface area contributed by atoms with Gasteiger partial charge < -0.3 is 5.32 Å². The van der Waals surface area contributed by atoms with Gasteiger partial charge in [0.15, 0.2) is 0 Å². The number of nitrogens with one attached hydrogen (secondary N) is 2. The number of rotatable bonds is 4. The van der Waals surface area contributed by atoms with Crippen molar-refractivity contribution in [3.8, 4) is 0 Å². The first-order valence-corrected chi connectivity index (χ1v) is 8.41. The van der Waals surface area contributed by atoms with E-state index in [-0.39, 0.29) is 18.0 Å². The molecular weight excluding hydrogens is 308 g/mol. The highest BCUT2D eigenvalue weighted by Crippen LogP contribution is 2.29. The van der Waals surface area contributed by atoms with Crippen LogP contribution < -0.4 is 10.6 Å². The average molecular weight is 329 g/mol. The maximum absolute atomic E-state index is 12.4. The molecule has 0 bridgehead atoms. The maximum atomic E-state index is 12.4. The number of hydrogen-bond donors (Lipinski definition) is 2. The molecule has 0 saturated carbocycles. The minimum Gasteiger partial charge on any atom is -0.325 e. The van der Waals surface area contributed by atoms with Crippen LogP contribution in [0.5, 0.6) is 0 Å². The van der Waals surface area contributed by atoms with Crippen molar-refractivity contribution >= 4 is 23.2 Å². The Hall–Kier alpha value is -1.84. The molecule has 0 spiro atoms. The van der Waals surface area contributed by atoms with Gasteiger partial charge in [-0.05, 0) is 55.5 Å². The number of fused-ring (bicyclic) bond motifs is 1. The first-order chi connectivity index (χ1) is 11.1. The summed E-state index contributed by atoms with van der Waals surface area (Å²) in [6.45, 7) is 1.90. The van der Waals surface area contributed by atoms with Crippen LogP contribution in [0, 0.1) is 0 Å².